The molecular weight excluding hydrogens is 286 g/mol. The van der Waals surface area contributed by atoms with Crippen molar-refractivity contribution in [3.63, 3.8) is 0 Å². The first-order chi connectivity index (χ1) is 10.9. The molecule has 0 amide bonds. The van der Waals surface area contributed by atoms with Crippen LogP contribution in [-0.2, 0) is 5.75 Å². The Labute approximate surface area is 140 Å². The van der Waals surface area contributed by atoms with E-state index in [9.17, 15) is 0 Å². The highest BCUT2D eigenvalue weighted by Crippen LogP contribution is 2.31. The molecule has 2 saturated carbocycles. The van der Waals surface area contributed by atoms with E-state index in [1.54, 1.807) is 0 Å². The van der Waals surface area contributed by atoms with Gasteiger partial charge in [-0.05, 0) is 31.2 Å². The first-order valence-electron chi connectivity index (χ1n) is 9.31. The van der Waals surface area contributed by atoms with Crippen molar-refractivity contribution in [1.82, 2.24) is 4.90 Å². The number of hydrogen-bond acceptors (Lipinski definition) is 2. The summed E-state index contributed by atoms with van der Waals surface area (Å²) in [5.41, 5.74) is 1.47. The van der Waals surface area contributed by atoms with Crippen molar-refractivity contribution >= 4 is 11.8 Å². The molecule has 2 aliphatic rings. The van der Waals surface area contributed by atoms with Crippen LogP contribution in [0.25, 0.3) is 0 Å². The van der Waals surface area contributed by atoms with Crippen LogP contribution in [0.3, 0.4) is 0 Å². The van der Waals surface area contributed by atoms with Crippen molar-refractivity contribution in [3.8, 4) is 0 Å². The van der Waals surface area contributed by atoms with Crippen LogP contribution < -0.4 is 0 Å². The van der Waals surface area contributed by atoms with Crippen molar-refractivity contribution in [3.05, 3.63) is 35.9 Å². The van der Waals surface area contributed by atoms with E-state index in [1.165, 1.54) is 75.6 Å². The third-order valence-corrected chi connectivity index (χ3v) is 6.46. The zero-order chi connectivity index (χ0) is 15.0. The lowest BCUT2D eigenvalue weighted by molar-refractivity contribution is 0.103. The normalized spacial score (nSPS) is 21.3. The second-order valence-corrected chi connectivity index (χ2v) is 8.02. The maximum Gasteiger partial charge on any atom is 0.0453 e. The minimum Gasteiger partial charge on any atom is -0.288 e. The monoisotopic (exact) mass is 317 g/mol. The molecule has 0 aliphatic heterocycles. The van der Waals surface area contributed by atoms with Crippen molar-refractivity contribution < 1.29 is 0 Å². The number of thioether (sulfide) groups is 1. The minimum atomic E-state index is 0.875. The average molecular weight is 318 g/mol. The van der Waals surface area contributed by atoms with E-state index in [2.05, 4.69) is 47.0 Å². The number of rotatable bonds is 6. The highest BCUT2D eigenvalue weighted by Gasteiger charge is 2.28. The van der Waals surface area contributed by atoms with Crippen LogP contribution in [-0.4, -0.2) is 22.9 Å². The van der Waals surface area contributed by atoms with Gasteiger partial charge < -0.3 is 0 Å². The molecule has 1 aromatic carbocycles. The zero-order valence-electron chi connectivity index (χ0n) is 13.9. The lowest BCUT2D eigenvalue weighted by atomic mass is 9.89. The van der Waals surface area contributed by atoms with Gasteiger partial charge >= 0.3 is 0 Å². The standard InChI is InChI=1S/C20H31NS/c1-4-10-18(11-5-1)16-22-17-21(19-12-6-2-7-13-19)20-14-8-3-9-15-20/h1,4-5,10-11,19-20H,2-3,6-9,12-17H2. The molecule has 2 heteroatoms. The summed E-state index contributed by atoms with van der Waals surface area (Å²) >= 11 is 2.13. The van der Waals surface area contributed by atoms with Gasteiger partial charge in [-0.1, -0.05) is 68.9 Å². The van der Waals surface area contributed by atoms with Gasteiger partial charge in [0.05, 0.1) is 0 Å². The van der Waals surface area contributed by atoms with Gasteiger partial charge in [0.1, 0.15) is 0 Å². The van der Waals surface area contributed by atoms with E-state index in [0.717, 1.165) is 17.8 Å². The van der Waals surface area contributed by atoms with Gasteiger partial charge in [0.15, 0.2) is 0 Å². The van der Waals surface area contributed by atoms with Crippen LogP contribution >= 0.6 is 11.8 Å². The van der Waals surface area contributed by atoms with E-state index >= 15 is 0 Å². The minimum absolute atomic E-state index is 0.875. The van der Waals surface area contributed by atoms with Crippen molar-refractivity contribution in [2.75, 3.05) is 5.88 Å². The fourth-order valence-corrected chi connectivity index (χ4v) is 5.33. The van der Waals surface area contributed by atoms with Crippen molar-refractivity contribution in [2.45, 2.75) is 82.0 Å². The third kappa shape index (κ3) is 4.76. The molecule has 3 rings (SSSR count). The number of hydrogen-bond donors (Lipinski definition) is 0. The van der Waals surface area contributed by atoms with Crippen LogP contribution in [0.15, 0.2) is 30.3 Å². The van der Waals surface area contributed by atoms with Crippen LogP contribution in [0, 0.1) is 0 Å². The summed E-state index contributed by atoms with van der Waals surface area (Å²) in [6.07, 6.45) is 14.5. The molecule has 122 valence electrons. The van der Waals surface area contributed by atoms with Crippen LogP contribution in [0.4, 0.5) is 0 Å². The first-order valence-corrected chi connectivity index (χ1v) is 10.5. The van der Waals surface area contributed by atoms with E-state index in [1.807, 2.05) is 0 Å². The van der Waals surface area contributed by atoms with E-state index in [0.29, 0.717) is 0 Å². The summed E-state index contributed by atoms with van der Waals surface area (Å²) < 4.78 is 0. The quantitative estimate of drug-likeness (QED) is 0.606. The molecule has 2 fully saturated rings. The largest absolute Gasteiger partial charge is 0.288 e. The molecule has 0 spiro atoms. The molecule has 0 N–H and O–H groups in total. The first kappa shape index (κ1) is 16.4. The van der Waals surface area contributed by atoms with Gasteiger partial charge in [-0.25, -0.2) is 0 Å². The Morgan fingerprint density at radius 2 is 1.32 bits per heavy atom. The molecule has 0 atom stereocenters. The van der Waals surface area contributed by atoms with Gasteiger partial charge in [-0.2, -0.15) is 0 Å². The molecule has 22 heavy (non-hydrogen) atoms. The summed E-state index contributed by atoms with van der Waals surface area (Å²) in [5, 5.41) is 0. The molecule has 1 nitrogen and oxygen atoms in total. The fourth-order valence-electron chi connectivity index (χ4n) is 4.18. The summed E-state index contributed by atoms with van der Waals surface area (Å²) in [6.45, 7) is 0. The summed E-state index contributed by atoms with van der Waals surface area (Å²) in [4.78, 5) is 2.91. The van der Waals surface area contributed by atoms with Crippen molar-refractivity contribution in [2.24, 2.45) is 0 Å². The van der Waals surface area contributed by atoms with Crippen LogP contribution in [0.5, 0.6) is 0 Å². The SMILES string of the molecule is c1ccc(CSCN(C2CCCCC2)C2CCCCC2)cc1. The second kappa shape index (κ2) is 8.98. The van der Waals surface area contributed by atoms with Gasteiger partial charge in [-0.15, -0.1) is 11.8 Å². The summed E-state index contributed by atoms with van der Waals surface area (Å²) in [5.74, 6) is 2.40. The second-order valence-electron chi connectivity index (χ2n) is 7.06. The molecule has 0 unspecified atom stereocenters. The maximum absolute atomic E-state index is 2.91. The highest BCUT2D eigenvalue weighted by atomic mass is 32.2. The third-order valence-electron chi connectivity index (χ3n) is 5.44. The Bertz CT molecular complexity index is 389. The molecule has 0 saturated heterocycles. The Morgan fingerprint density at radius 1 is 0.773 bits per heavy atom. The van der Waals surface area contributed by atoms with Gasteiger partial charge in [0.25, 0.3) is 0 Å². The summed E-state index contributed by atoms with van der Waals surface area (Å²) in [6, 6.07) is 12.7. The van der Waals surface area contributed by atoms with E-state index in [4.69, 9.17) is 0 Å². The maximum atomic E-state index is 2.91. The number of nitrogens with zero attached hydrogens (tertiary/aromatic N) is 1. The molecule has 0 aromatic heterocycles. The Kier molecular flexibility index (Phi) is 6.69. The Morgan fingerprint density at radius 3 is 1.86 bits per heavy atom. The van der Waals surface area contributed by atoms with Crippen LogP contribution in [0.1, 0.15) is 69.8 Å². The number of benzene rings is 1. The summed E-state index contributed by atoms with van der Waals surface area (Å²) in [7, 11) is 0. The molecule has 0 radical (unpaired) electrons. The predicted molar refractivity (Wildman–Crippen MR) is 98.2 cm³/mol. The van der Waals surface area contributed by atoms with E-state index < -0.39 is 0 Å². The molecular formula is C20H31NS. The smallest absolute Gasteiger partial charge is 0.0453 e. The topological polar surface area (TPSA) is 3.24 Å². The lowest BCUT2D eigenvalue weighted by Crippen LogP contribution is -2.44. The molecule has 2 aliphatic carbocycles. The molecule has 1 aromatic rings. The molecule has 0 bridgehead atoms. The zero-order valence-corrected chi connectivity index (χ0v) is 14.7. The lowest BCUT2D eigenvalue weighted by Gasteiger charge is -2.41. The van der Waals surface area contributed by atoms with E-state index in [-0.39, 0.29) is 0 Å². The van der Waals surface area contributed by atoms with Gasteiger partial charge in [0.2, 0.25) is 0 Å². The molecule has 0 heterocycles. The Hall–Kier alpha value is -0.470. The fraction of sp³-hybridized carbons (Fsp3) is 0.700. The van der Waals surface area contributed by atoms with Gasteiger partial charge in [-0.3, -0.25) is 4.90 Å². The van der Waals surface area contributed by atoms with Crippen LogP contribution in [0.2, 0.25) is 0 Å². The predicted octanol–water partition coefficient (Wildman–Crippen LogP) is 5.84. The van der Waals surface area contributed by atoms with Crippen molar-refractivity contribution in [1.29, 1.82) is 0 Å². The average Bonchev–Trinajstić information content (AvgIpc) is 2.61. The van der Waals surface area contributed by atoms with Gasteiger partial charge in [0, 0.05) is 23.7 Å². The highest BCUT2D eigenvalue weighted by molar-refractivity contribution is 7.98. The Balaban J connectivity index is 1.55.